The predicted molar refractivity (Wildman–Crippen MR) is 79.3 cm³/mol. The van der Waals surface area contributed by atoms with E-state index >= 15 is 0 Å². The highest BCUT2D eigenvalue weighted by atomic mass is 16.6. The second kappa shape index (κ2) is 7.65. The molecule has 1 saturated heterocycles. The van der Waals surface area contributed by atoms with Gasteiger partial charge in [0.15, 0.2) is 0 Å². The van der Waals surface area contributed by atoms with Crippen LogP contribution >= 0.6 is 0 Å². The van der Waals surface area contributed by atoms with Crippen LogP contribution in [0.3, 0.4) is 0 Å². The molecule has 20 heavy (non-hydrogen) atoms. The molecule has 0 radical (unpaired) electrons. The first kappa shape index (κ1) is 17.0. The maximum atomic E-state index is 12.2. The Labute approximate surface area is 122 Å². The van der Waals surface area contributed by atoms with E-state index in [9.17, 15) is 9.59 Å². The highest BCUT2D eigenvalue weighted by Gasteiger charge is 2.36. The van der Waals surface area contributed by atoms with Gasteiger partial charge in [-0.25, -0.2) is 4.79 Å². The molecule has 1 amide bonds. The number of carbonyl (C=O) groups excluding carboxylic acids is 2. The molecule has 1 fully saturated rings. The summed E-state index contributed by atoms with van der Waals surface area (Å²) in [6.45, 7) is 8.42. The van der Waals surface area contributed by atoms with Crippen LogP contribution in [-0.4, -0.2) is 35.0 Å². The molecule has 0 N–H and O–H groups in total. The number of amides is 1. The minimum atomic E-state index is -0.491. The van der Waals surface area contributed by atoms with Crippen LogP contribution < -0.4 is 0 Å². The van der Waals surface area contributed by atoms with Crippen LogP contribution in [0.1, 0.15) is 72.6 Å². The van der Waals surface area contributed by atoms with Gasteiger partial charge in [0.1, 0.15) is 11.6 Å². The Balaban J connectivity index is 2.47. The molecule has 0 spiro atoms. The summed E-state index contributed by atoms with van der Waals surface area (Å²) in [5, 5.41) is 0. The second-order valence-corrected chi connectivity index (χ2v) is 6.59. The van der Waals surface area contributed by atoms with E-state index in [0.717, 1.165) is 25.7 Å². The molecule has 4 heteroatoms. The monoisotopic (exact) mass is 283 g/mol. The van der Waals surface area contributed by atoms with Gasteiger partial charge in [-0.1, -0.05) is 26.2 Å². The maximum absolute atomic E-state index is 12.2. The molecule has 0 aromatic heterocycles. The Morgan fingerprint density at radius 1 is 1.20 bits per heavy atom. The normalized spacial score (nSPS) is 19.2. The van der Waals surface area contributed by atoms with Crippen molar-refractivity contribution in [3.8, 4) is 0 Å². The van der Waals surface area contributed by atoms with Crippen molar-refractivity contribution in [2.75, 3.05) is 6.54 Å². The predicted octanol–water partition coefficient (Wildman–Crippen LogP) is 3.29. The van der Waals surface area contributed by atoms with E-state index in [1.165, 1.54) is 12.8 Å². The van der Waals surface area contributed by atoms with Crippen molar-refractivity contribution in [3.63, 3.8) is 0 Å². The van der Waals surface area contributed by atoms with Gasteiger partial charge in [-0.3, -0.25) is 4.79 Å². The van der Waals surface area contributed by atoms with E-state index in [2.05, 4.69) is 6.92 Å². The Kier molecular flexibility index (Phi) is 6.50. The zero-order valence-electron chi connectivity index (χ0n) is 13.4. The van der Waals surface area contributed by atoms with Crippen LogP contribution in [0.4, 0.5) is 0 Å². The zero-order chi connectivity index (χ0) is 15.2. The number of ether oxygens (including phenoxy) is 1. The van der Waals surface area contributed by atoms with Crippen LogP contribution in [0.5, 0.6) is 0 Å². The molecule has 1 rings (SSSR count). The van der Waals surface area contributed by atoms with Crippen LogP contribution in [0, 0.1) is 0 Å². The summed E-state index contributed by atoms with van der Waals surface area (Å²) in [4.78, 5) is 26.1. The van der Waals surface area contributed by atoms with Crippen molar-refractivity contribution in [3.05, 3.63) is 0 Å². The number of hydrogen-bond acceptors (Lipinski definition) is 3. The Morgan fingerprint density at radius 3 is 2.50 bits per heavy atom. The van der Waals surface area contributed by atoms with Crippen LogP contribution in [0.25, 0.3) is 0 Å². The number of unbranched alkanes of at least 4 members (excludes halogenated alkanes) is 3. The van der Waals surface area contributed by atoms with Gasteiger partial charge < -0.3 is 9.64 Å². The first-order chi connectivity index (χ1) is 9.35. The summed E-state index contributed by atoms with van der Waals surface area (Å²) < 4.78 is 5.41. The van der Waals surface area contributed by atoms with Gasteiger partial charge in [-0.15, -0.1) is 0 Å². The lowest BCUT2D eigenvalue weighted by atomic mass is 10.1. The summed E-state index contributed by atoms with van der Waals surface area (Å²) in [5.41, 5.74) is -0.491. The number of esters is 1. The third kappa shape index (κ3) is 5.51. The molecular weight excluding hydrogens is 254 g/mol. The molecule has 0 bridgehead atoms. The van der Waals surface area contributed by atoms with Crippen molar-refractivity contribution >= 4 is 11.9 Å². The fourth-order valence-electron chi connectivity index (χ4n) is 2.53. The van der Waals surface area contributed by atoms with E-state index in [1.54, 1.807) is 4.90 Å². The Morgan fingerprint density at radius 2 is 1.90 bits per heavy atom. The van der Waals surface area contributed by atoms with Crippen LogP contribution in [-0.2, 0) is 14.3 Å². The molecule has 0 saturated carbocycles. The average Bonchev–Trinajstić information content (AvgIpc) is 2.81. The van der Waals surface area contributed by atoms with Gasteiger partial charge in [-0.05, 0) is 40.0 Å². The number of likely N-dealkylation sites (tertiary alicyclic amines) is 1. The van der Waals surface area contributed by atoms with Gasteiger partial charge in [0.2, 0.25) is 5.91 Å². The van der Waals surface area contributed by atoms with Gasteiger partial charge in [0.25, 0.3) is 0 Å². The summed E-state index contributed by atoms with van der Waals surface area (Å²) in [5.74, 6) is -0.147. The topological polar surface area (TPSA) is 46.6 Å². The maximum Gasteiger partial charge on any atom is 0.329 e. The van der Waals surface area contributed by atoms with E-state index in [0.29, 0.717) is 13.0 Å². The quantitative estimate of drug-likeness (QED) is 0.555. The minimum Gasteiger partial charge on any atom is -0.458 e. The van der Waals surface area contributed by atoms with Crippen LogP contribution in [0.2, 0.25) is 0 Å². The summed E-state index contributed by atoms with van der Waals surface area (Å²) >= 11 is 0. The summed E-state index contributed by atoms with van der Waals surface area (Å²) in [7, 11) is 0. The van der Waals surface area contributed by atoms with Crippen molar-refractivity contribution in [2.45, 2.75) is 84.3 Å². The molecule has 0 aromatic carbocycles. The smallest absolute Gasteiger partial charge is 0.329 e. The molecular formula is C16H29NO3. The van der Waals surface area contributed by atoms with Crippen molar-refractivity contribution in [1.29, 1.82) is 0 Å². The number of nitrogens with zero attached hydrogens (tertiary/aromatic N) is 1. The lowest BCUT2D eigenvalue weighted by molar-refractivity contribution is -0.163. The van der Waals surface area contributed by atoms with E-state index in [4.69, 9.17) is 4.74 Å². The lowest BCUT2D eigenvalue weighted by Crippen LogP contribution is -2.43. The van der Waals surface area contributed by atoms with Crippen molar-refractivity contribution in [2.24, 2.45) is 0 Å². The first-order valence-electron chi connectivity index (χ1n) is 7.87. The average molecular weight is 283 g/mol. The number of rotatable bonds is 6. The van der Waals surface area contributed by atoms with Crippen molar-refractivity contribution < 1.29 is 14.3 Å². The molecule has 116 valence electrons. The third-order valence-electron chi connectivity index (χ3n) is 3.50. The molecule has 0 aromatic rings. The van der Waals surface area contributed by atoms with Crippen LogP contribution in [0.15, 0.2) is 0 Å². The highest BCUT2D eigenvalue weighted by Crippen LogP contribution is 2.22. The number of carbonyl (C=O) groups is 2. The van der Waals surface area contributed by atoms with Gasteiger partial charge in [0.05, 0.1) is 0 Å². The molecule has 1 heterocycles. The fourth-order valence-corrected chi connectivity index (χ4v) is 2.53. The molecule has 0 unspecified atom stereocenters. The van der Waals surface area contributed by atoms with Crippen molar-refractivity contribution in [1.82, 2.24) is 4.90 Å². The van der Waals surface area contributed by atoms with Gasteiger partial charge in [-0.2, -0.15) is 0 Å². The number of hydrogen-bond donors (Lipinski definition) is 0. The molecule has 0 aliphatic carbocycles. The SMILES string of the molecule is CCCCCCC(=O)N1CCC[C@@H]1C(=O)OC(C)(C)C. The highest BCUT2D eigenvalue weighted by molar-refractivity contribution is 5.85. The molecule has 1 aliphatic heterocycles. The second-order valence-electron chi connectivity index (χ2n) is 6.59. The minimum absolute atomic E-state index is 0.106. The Hall–Kier alpha value is -1.06. The lowest BCUT2D eigenvalue weighted by Gasteiger charge is -2.27. The largest absolute Gasteiger partial charge is 0.458 e. The zero-order valence-corrected chi connectivity index (χ0v) is 13.4. The first-order valence-corrected chi connectivity index (χ1v) is 7.87. The van der Waals surface area contributed by atoms with Gasteiger partial charge in [0, 0.05) is 13.0 Å². The summed E-state index contributed by atoms with van der Waals surface area (Å²) in [6.07, 6.45) is 6.53. The summed E-state index contributed by atoms with van der Waals surface area (Å²) in [6, 6.07) is -0.368. The Bertz CT molecular complexity index is 333. The third-order valence-corrected chi connectivity index (χ3v) is 3.50. The molecule has 1 atom stereocenters. The van der Waals surface area contributed by atoms with Gasteiger partial charge >= 0.3 is 5.97 Å². The molecule has 4 nitrogen and oxygen atoms in total. The standard InChI is InChI=1S/C16H29NO3/c1-5-6-7-8-11-14(18)17-12-9-10-13(17)15(19)20-16(2,3)4/h13H,5-12H2,1-4H3/t13-/m1/s1. The van der Waals surface area contributed by atoms with E-state index in [1.807, 2.05) is 20.8 Å². The molecule has 1 aliphatic rings. The van der Waals surface area contributed by atoms with E-state index < -0.39 is 5.60 Å². The fraction of sp³-hybridized carbons (Fsp3) is 0.875. The van der Waals surface area contributed by atoms with E-state index in [-0.39, 0.29) is 17.9 Å².